The first-order valence-corrected chi connectivity index (χ1v) is 13.8. The van der Waals surface area contributed by atoms with Crippen LogP contribution in [0, 0.1) is 6.92 Å². The lowest BCUT2D eigenvalue weighted by Gasteiger charge is -2.37. The third-order valence-corrected chi connectivity index (χ3v) is 7.70. The molecule has 3 aromatic carbocycles. The van der Waals surface area contributed by atoms with Gasteiger partial charge in [0, 0.05) is 31.7 Å². The fraction of sp³-hybridized carbons (Fsp3) is 0.250. The van der Waals surface area contributed by atoms with E-state index in [0.717, 1.165) is 22.6 Å². The second-order valence-corrected chi connectivity index (χ2v) is 10.4. The minimum atomic E-state index is -0.308. The lowest BCUT2D eigenvalue weighted by Crippen LogP contribution is -2.52. The number of anilines is 1. The highest BCUT2D eigenvalue weighted by molar-refractivity contribution is 6.33. The predicted octanol–water partition coefficient (Wildman–Crippen LogP) is 5.66. The van der Waals surface area contributed by atoms with E-state index in [2.05, 4.69) is 34.2 Å². The number of rotatable bonds is 7. The van der Waals surface area contributed by atoms with E-state index in [-0.39, 0.29) is 24.4 Å². The number of hydrogen-bond donors (Lipinski definition) is 0. The average Bonchev–Trinajstić information content (AvgIpc) is 3.00. The van der Waals surface area contributed by atoms with Crippen molar-refractivity contribution in [2.45, 2.75) is 19.9 Å². The molecule has 0 spiro atoms. The van der Waals surface area contributed by atoms with Crippen molar-refractivity contribution in [3.05, 3.63) is 113 Å². The zero-order valence-electron chi connectivity index (χ0n) is 22.7. The Labute approximate surface area is 240 Å². The Morgan fingerprint density at radius 3 is 2.17 bits per heavy atom. The average molecular weight is 554 g/mol. The molecule has 1 saturated heterocycles. The zero-order chi connectivity index (χ0) is 28.1. The van der Waals surface area contributed by atoms with Crippen molar-refractivity contribution in [3.63, 3.8) is 0 Å². The van der Waals surface area contributed by atoms with Gasteiger partial charge in [0.05, 0.1) is 22.3 Å². The van der Waals surface area contributed by atoms with Crippen LogP contribution in [0.15, 0.2) is 91.0 Å². The van der Waals surface area contributed by atoms with Crippen LogP contribution in [-0.2, 0) is 4.79 Å². The van der Waals surface area contributed by atoms with Gasteiger partial charge in [0.25, 0.3) is 5.91 Å². The molecule has 204 valence electrons. The van der Waals surface area contributed by atoms with Crippen molar-refractivity contribution in [3.8, 4) is 11.3 Å². The zero-order valence-corrected chi connectivity index (χ0v) is 23.5. The molecular weight excluding hydrogens is 522 g/mol. The number of carbonyl (C=O) groups is 2. The van der Waals surface area contributed by atoms with E-state index in [4.69, 9.17) is 11.6 Å². The maximum atomic E-state index is 13.6. The van der Waals surface area contributed by atoms with Gasteiger partial charge in [-0.05, 0) is 43.7 Å². The quantitative estimate of drug-likeness (QED) is 0.295. The fourth-order valence-corrected chi connectivity index (χ4v) is 5.10. The number of halogens is 1. The number of aryl methyl sites for hydroxylation is 1. The molecule has 1 aromatic heterocycles. The molecule has 40 heavy (non-hydrogen) atoms. The number of benzene rings is 3. The van der Waals surface area contributed by atoms with Gasteiger partial charge in [-0.25, -0.2) is 0 Å². The second-order valence-electron chi connectivity index (χ2n) is 10.0. The lowest BCUT2D eigenvalue weighted by atomic mass is 10.1. The molecule has 0 radical (unpaired) electrons. The molecule has 0 bridgehead atoms. The Morgan fingerprint density at radius 2 is 1.52 bits per heavy atom. The van der Waals surface area contributed by atoms with E-state index in [1.165, 1.54) is 5.56 Å². The third kappa shape index (κ3) is 6.15. The Hall–Kier alpha value is -4.23. The lowest BCUT2D eigenvalue weighted by molar-refractivity contribution is -0.132. The van der Waals surface area contributed by atoms with Gasteiger partial charge in [0.2, 0.25) is 5.91 Å². The third-order valence-electron chi connectivity index (χ3n) is 7.37. The van der Waals surface area contributed by atoms with Crippen molar-refractivity contribution < 1.29 is 9.59 Å². The Bertz CT molecular complexity index is 1450. The van der Waals surface area contributed by atoms with Gasteiger partial charge in [0.1, 0.15) is 6.54 Å². The number of nitrogens with zero attached hydrogens (tertiary/aromatic N) is 5. The monoisotopic (exact) mass is 553 g/mol. The summed E-state index contributed by atoms with van der Waals surface area (Å²) in [5.41, 5.74) is 4.39. The van der Waals surface area contributed by atoms with E-state index < -0.39 is 0 Å². The first-order chi connectivity index (χ1) is 19.4. The fourth-order valence-electron chi connectivity index (χ4n) is 4.89. The summed E-state index contributed by atoms with van der Waals surface area (Å²) in [6.07, 6.45) is 0. The molecule has 1 atom stereocenters. The van der Waals surface area contributed by atoms with Crippen LogP contribution in [0.1, 0.15) is 34.5 Å². The summed E-state index contributed by atoms with van der Waals surface area (Å²) in [6, 6.07) is 28.5. The number of piperazine rings is 1. The molecule has 1 aliphatic rings. The summed E-state index contributed by atoms with van der Waals surface area (Å²) >= 11 is 6.36. The summed E-state index contributed by atoms with van der Waals surface area (Å²) in [5, 5.41) is 9.24. The first kappa shape index (κ1) is 27.3. The molecule has 1 fully saturated rings. The van der Waals surface area contributed by atoms with Crippen molar-refractivity contribution in [1.29, 1.82) is 0 Å². The molecule has 8 heteroatoms. The smallest absolute Gasteiger partial charge is 0.256 e. The van der Waals surface area contributed by atoms with Gasteiger partial charge in [-0.15, -0.1) is 10.2 Å². The Kier molecular flexibility index (Phi) is 8.41. The minimum absolute atomic E-state index is 0.0365. The molecule has 0 saturated carbocycles. The Morgan fingerprint density at radius 1 is 0.850 bits per heavy atom. The van der Waals surface area contributed by atoms with Gasteiger partial charge >= 0.3 is 0 Å². The maximum Gasteiger partial charge on any atom is 0.256 e. The van der Waals surface area contributed by atoms with Crippen LogP contribution in [-0.4, -0.2) is 64.5 Å². The molecule has 0 aliphatic carbocycles. The first-order valence-electron chi connectivity index (χ1n) is 13.4. The highest BCUT2D eigenvalue weighted by atomic mass is 35.5. The van der Waals surface area contributed by atoms with E-state index in [0.29, 0.717) is 36.8 Å². The van der Waals surface area contributed by atoms with Gasteiger partial charge < -0.3 is 14.7 Å². The van der Waals surface area contributed by atoms with Crippen LogP contribution in [0.2, 0.25) is 5.02 Å². The number of amides is 2. The van der Waals surface area contributed by atoms with E-state index in [1.54, 1.807) is 29.2 Å². The topological polar surface area (TPSA) is 69.6 Å². The molecule has 2 amide bonds. The number of carbonyl (C=O) groups excluding carboxylic acids is 2. The molecule has 5 rings (SSSR count). The van der Waals surface area contributed by atoms with Crippen molar-refractivity contribution in [1.82, 2.24) is 20.0 Å². The predicted molar refractivity (Wildman–Crippen MR) is 158 cm³/mol. The van der Waals surface area contributed by atoms with E-state index >= 15 is 0 Å². The van der Waals surface area contributed by atoms with Crippen molar-refractivity contribution in [2.75, 3.05) is 37.6 Å². The van der Waals surface area contributed by atoms with Crippen molar-refractivity contribution in [2.24, 2.45) is 0 Å². The van der Waals surface area contributed by atoms with Gasteiger partial charge in [0.15, 0.2) is 5.82 Å². The highest BCUT2D eigenvalue weighted by Gasteiger charge is 2.30. The molecular formula is C32H32ClN5O2. The summed E-state index contributed by atoms with van der Waals surface area (Å²) in [6.45, 7) is 6.30. The van der Waals surface area contributed by atoms with Gasteiger partial charge in [-0.2, -0.15) is 0 Å². The van der Waals surface area contributed by atoms with Crippen molar-refractivity contribution >= 4 is 29.2 Å². The van der Waals surface area contributed by atoms with Crippen LogP contribution in [0.5, 0.6) is 0 Å². The normalized spacial score (nSPS) is 14.1. The molecule has 4 aromatic rings. The van der Waals surface area contributed by atoms with Crippen LogP contribution >= 0.6 is 11.6 Å². The Balaban J connectivity index is 1.25. The van der Waals surface area contributed by atoms with Crippen LogP contribution in [0.25, 0.3) is 11.3 Å². The highest BCUT2D eigenvalue weighted by Crippen LogP contribution is 2.26. The standard InChI is InChI=1S/C32H32ClN5O2/c1-23-12-14-26(15-13-23)29-16-17-30(35-34-29)36-18-20-37(21-19-36)31(39)22-38(24(2)25-8-4-3-5-9-25)32(40)27-10-6-7-11-28(27)33/h3-17,24H,18-22H2,1-2H3/t24-/m0/s1. The SMILES string of the molecule is Cc1ccc(-c2ccc(N3CCN(C(=O)CN(C(=O)c4ccccc4Cl)[C@@H](C)c4ccccc4)CC3)nn2)cc1. The van der Waals surface area contributed by atoms with Crippen LogP contribution in [0.3, 0.4) is 0 Å². The second kappa shape index (κ2) is 12.3. The summed E-state index contributed by atoms with van der Waals surface area (Å²) in [5.74, 6) is 0.428. The van der Waals surface area contributed by atoms with E-state index in [1.807, 2.05) is 66.4 Å². The summed E-state index contributed by atoms with van der Waals surface area (Å²) in [7, 11) is 0. The molecule has 1 aliphatic heterocycles. The summed E-state index contributed by atoms with van der Waals surface area (Å²) in [4.78, 5) is 32.7. The van der Waals surface area contributed by atoms with E-state index in [9.17, 15) is 9.59 Å². The molecule has 2 heterocycles. The minimum Gasteiger partial charge on any atom is -0.352 e. The molecule has 7 nitrogen and oxygen atoms in total. The number of hydrogen-bond acceptors (Lipinski definition) is 5. The molecule has 0 unspecified atom stereocenters. The van der Waals surface area contributed by atoms with Gasteiger partial charge in [-0.3, -0.25) is 9.59 Å². The summed E-state index contributed by atoms with van der Waals surface area (Å²) < 4.78 is 0. The molecule has 0 N–H and O–H groups in total. The number of aromatic nitrogens is 2. The van der Waals surface area contributed by atoms with Crippen LogP contribution < -0.4 is 4.90 Å². The largest absolute Gasteiger partial charge is 0.352 e. The maximum absolute atomic E-state index is 13.6. The van der Waals surface area contributed by atoms with Crippen LogP contribution in [0.4, 0.5) is 5.82 Å². The van der Waals surface area contributed by atoms with Gasteiger partial charge in [-0.1, -0.05) is 83.9 Å².